The fraction of sp³-hybridized carbons (Fsp3) is 0. The third-order valence-corrected chi connectivity index (χ3v) is 7.37. The summed E-state index contributed by atoms with van der Waals surface area (Å²) in [6.07, 6.45) is 0. The summed E-state index contributed by atoms with van der Waals surface area (Å²) in [5.41, 5.74) is 0. The first-order valence-electron chi connectivity index (χ1n) is 1.32. The van der Waals surface area contributed by atoms with Crippen LogP contribution in [0.4, 0.5) is 11.6 Å². The van der Waals surface area contributed by atoms with Crippen LogP contribution in [0.3, 0.4) is 0 Å². The molecule has 9 heteroatoms. The van der Waals surface area contributed by atoms with E-state index in [0.29, 0.717) is 0 Å². The van der Waals surface area contributed by atoms with Crippen LogP contribution < -0.4 is 0 Å². The standard InChI is InChI=1S/F4H2O3Te2/c1-8(2,5)7-9(3,4)6/h5-6H. The molecule has 60 valence electrons. The molecular weight excluding hydrogens is 379 g/mol. The average Bonchev–Trinajstić information content (AvgIpc) is 1.14. The fourth-order valence-electron chi connectivity index (χ4n) is 0.0985. The molecule has 0 aromatic rings. The zero-order chi connectivity index (χ0) is 7.71. The molecule has 3 nitrogen and oxygen atoms in total. The molecule has 0 bridgehead atoms. The van der Waals surface area contributed by atoms with Crippen LogP contribution in [0.1, 0.15) is 0 Å². The second-order valence-corrected chi connectivity index (χ2v) is 8.39. The predicted molar refractivity (Wildman–Crippen MR) is 21.5 cm³/mol. The topological polar surface area (TPSA) is 49.7 Å². The fourth-order valence-corrected chi connectivity index (χ4v) is 4.43. The SMILES string of the molecule is O[Te](F)(F)O[Te](O)(F)F. The van der Waals surface area contributed by atoms with E-state index >= 15 is 0 Å². The Kier molecular flexibility index (Phi) is 3.45. The molecule has 2 N–H and O–H groups in total. The molecule has 0 aromatic heterocycles. The second kappa shape index (κ2) is 3.05. The van der Waals surface area contributed by atoms with Crippen LogP contribution in [0.25, 0.3) is 0 Å². The Morgan fingerprint density at radius 2 is 1.11 bits per heavy atom. The summed E-state index contributed by atoms with van der Waals surface area (Å²) in [4.78, 5) is 0. The van der Waals surface area contributed by atoms with E-state index in [1.54, 1.807) is 0 Å². The van der Waals surface area contributed by atoms with E-state index in [0.717, 1.165) is 0 Å². The van der Waals surface area contributed by atoms with Gasteiger partial charge in [0.2, 0.25) is 0 Å². The second-order valence-electron chi connectivity index (χ2n) is 0.862. The quantitative estimate of drug-likeness (QED) is 0.512. The van der Waals surface area contributed by atoms with Crippen LogP contribution in [0.2, 0.25) is 0 Å². The summed E-state index contributed by atoms with van der Waals surface area (Å²) < 4.78 is 61.8. The maximum atomic E-state index is 11.1. The van der Waals surface area contributed by atoms with E-state index < -0.39 is 40.3 Å². The molecule has 0 aromatic carbocycles. The third-order valence-electron chi connectivity index (χ3n) is 0.164. The van der Waals surface area contributed by atoms with E-state index in [1.165, 1.54) is 0 Å². The zero-order valence-electron chi connectivity index (χ0n) is 3.63. The monoisotopic (exact) mass is 386 g/mol. The molecule has 0 radical (unpaired) electrons. The molecule has 0 amide bonds. The van der Waals surface area contributed by atoms with Gasteiger partial charge in [-0.15, -0.1) is 0 Å². The summed E-state index contributed by atoms with van der Waals surface area (Å²) in [5.74, 6) is 0. The van der Waals surface area contributed by atoms with Gasteiger partial charge in [-0.25, -0.2) is 0 Å². The first-order chi connectivity index (χ1) is 3.71. The van der Waals surface area contributed by atoms with Gasteiger partial charge in [-0.1, -0.05) is 0 Å². The van der Waals surface area contributed by atoms with Crippen molar-refractivity contribution in [1.82, 2.24) is 0 Å². The van der Waals surface area contributed by atoms with Crippen molar-refractivity contribution < 1.29 is 20.0 Å². The van der Waals surface area contributed by atoms with Crippen molar-refractivity contribution in [3.63, 3.8) is 0 Å². The molecule has 0 fully saturated rings. The van der Waals surface area contributed by atoms with E-state index in [-0.39, 0.29) is 0 Å². The Balaban J connectivity index is 3.75. The van der Waals surface area contributed by atoms with Gasteiger partial charge in [0.25, 0.3) is 0 Å². The van der Waals surface area contributed by atoms with E-state index in [4.69, 9.17) is 6.94 Å². The van der Waals surface area contributed by atoms with Gasteiger partial charge in [-0.2, -0.15) is 0 Å². The van der Waals surface area contributed by atoms with Crippen LogP contribution in [-0.2, 0) is 1.47 Å². The molecule has 0 saturated heterocycles. The van der Waals surface area contributed by atoms with Crippen molar-refractivity contribution in [1.29, 1.82) is 0 Å². The van der Waals surface area contributed by atoms with Crippen molar-refractivity contribution in [3.8, 4) is 0 Å². The molecular formula is H2F4O3Te2. The number of hydrogen-bond acceptors (Lipinski definition) is 3. The van der Waals surface area contributed by atoms with Crippen LogP contribution in [0, 0.1) is 0 Å². The van der Waals surface area contributed by atoms with Crippen molar-refractivity contribution in [2.75, 3.05) is 0 Å². The summed E-state index contributed by atoms with van der Waals surface area (Å²) in [5, 5.41) is 0. The molecule has 0 aliphatic rings. The summed E-state index contributed by atoms with van der Waals surface area (Å²) >= 11 is -13.4. The summed E-state index contributed by atoms with van der Waals surface area (Å²) in [6.45, 7) is 0. The van der Waals surface area contributed by atoms with Gasteiger partial charge in [-0.3, -0.25) is 0 Å². The van der Waals surface area contributed by atoms with Gasteiger partial charge in [-0.05, 0) is 0 Å². The molecule has 0 aliphatic carbocycles. The minimum absolute atomic E-state index is 2.45. The van der Waals surface area contributed by atoms with Crippen molar-refractivity contribution in [2.24, 2.45) is 0 Å². The number of halogens is 4. The molecule has 0 spiro atoms. The van der Waals surface area contributed by atoms with Gasteiger partial charge in [0.15, 0.2) is 0 Å². The minimum atomic E-state index is -6.68. The Morgan fingerprint density at radius 1 is 0.889 bits per heavy atom. The van der Waals surface area contributed by atoms with E-state index in [2.05, 4.69) is 1.47 Å². The Hall–Kier alpha value is 1.18. The predicted octanol–water partition coefficient (Wildman–Crippen LogP) is -0.263. The Labute approximate surface area is 60.1 Å². The first-order valence-corrected chi connectivity index (χ1v) is 8.83. The van der Waals surface area contributed by atoms with Crippen molar-refractivity contribution in [3.05, 3.63) is 0 Å². The molecule has 9 heavy (non-hydrogen) atoms. The maximum absolute atomic E-state index is 11.1. The average molecular weight is 381 g/mol. The molecule has 0 aliphatic heterocycles. The normalized spacial score (nSPS) is 17.6. The van der Waals surface area contributed by atoms with E-state index in [9.17, 15) is 11.6 Å². The van der Waals surface area contributed by atoms with Gasteiger partial charge >= 0.3 is 60.3 Å². The van der Waals surface area contributed by atoms with Crippen molar-refractivity contribution in [2.45, 2.75) is 0 Å². The third kappa shape index (κ3) is 9.18. The van der Waals surface area contributed by atoms with E-state index in [1.807, 2.05) is 0 Å². The molecule has 0 atom stereocenters. The molecule has 0 rings (SSSR count). The van der Waals surface area contributed by atoms with Crippen molar-refractivity contribution >= 4 is 40.3 Å². The number of hydrogen-bond donors (Lipinski definition) is 2. The molecule has 0 saturated carbocycles. The van der Waals surface area contributed by atoms with Crippen LogP contribution in [-0.4, -0.2) is 47.2 Å². The van der Waals surface area contributed by atoms with Gasteiger partial charge in [0.1, 0.15) is 0 Å². The Bertz CT molecular complexity index is 79.0. The van der Waals surface area contributed by atoms with Gasteiger partial charge in [0, 0.05) is 0 Å². The van der Waals surface area contributed by atoms with Crippen LogP contribution in [0.15, 0.2) is 0 Å². The summed E-state index contributed by atoms with van der Waals surface area (Å²) in [6, 6.07) is 0. The Morgan fingerprint density at radius 3 is 1.11 bits per heavy atom. The number of rotatable bonds is 2. The van der Waals surface area contributed by atoms with Crippen LogP contribution in [0.5, 0.6) is 0 Å². The van der Waals surface area contributed by atoms with Gasteiger partial charge < -0.3 is 0 Å². The molecule has 0 heterocycles. The zero-order valence-corrected chi connectivity index (χ0v) is 8.29. The first kappa shape index (κ1) is 10.2. The van der Waals surface area contributed by atoms with Gasteiger partial charge in [0.05, 0.1) is 0 Å². The molecule has 0 unspecified atom stereocenters. The van der Waals surface area contributed by atoms with Crippen LogP contribution >= 0.6 is 0 Å². The summed E-state index contributed by atoms with van der Waals surface area (Å²) in [7, 11) is 0.